The molecule has 5 nitrogen and oxygen atoms in total. The molecule has 0 aromatic rings. The zero-order chi connectivity index (χ0) is 12.6. The summed E-state index contributed by atoms with van der Waals surface area (Å²) < 4.78 is 9.22. The summed E-state index contributed by atoms with van der Waals surface area (Å²) in [4.78, 5) is 32.2. The quantitative estimate of drug-likeness (QED) is 0.294. The van der Waals surface area contributed by atoms with Crippen LogP contribution >= 0.6 is 0 Å². The van der Waals surface area contributed by atoms with E-state index in [1.54, 1.807) is 0 Å². The fraction of sp³-hybridized carbons (Fsp3) is 0.364. The van der Waals surface area contributed by atoms with Gasteiger partial charge in [0, 0.05) is 5.57 Å². The third kappa shape index (κ3) is 7.49. The van der Waals surface area contributed by atoms with Gasteiger partial charge in [0.2, 0.25) is 0 Å². The lowest BCUT2D eigenvalue weighted by atomic mass is 10.3. The van der Waals surface area contributed by atoms with E-state index in [1.807, 2.05) is 0 Å². The molecule has 0 atom stereocenters. The molecule has 0 aliphatic carbocycles. The molecule has 0 aliphatic heterocycles. The van der Waals surface area contributed by atoms with Crippen LogP contribution in [0.3, 0.4) is 0 Å². The van der Waals surface area contributed by atoms with Crippen molar-refractivity contribution in [3.8, 4) is 0 Å². The SMILES string of the molecule is C=C(C)C(=O)OCC=COC(=O)CC(C)=O. The van der Waals surface area contributed by atoms with E-state index in [0.717, 1.165) is 6.26 Å². The van der Waals surface area contributed by atoms with Gasteiger partial charge in [0.25, 0.3) is 0 Å². The molecule has 0 fully saturated rings. The van der Waals surface area contributed by atoms with Crippen LogP contribution in [0, 0.1) is 0 Å². The first-order valence-electron chi connectivity index (χ1n) is 4.60. The summed E-state index contributed by atoms with van der Waals surface area (Å²) in [5, 5.41) is 0. The van der Waals surface area contributed by atoms with Gasteiger partial charge in [-0.1, -0.05) is 6.58 Å². The number of Topliss-reactive ketones (excluding diaryl/α,β-unsaturated/α-hetero) is 1. The summed E-state index contributed by atoms with van der Waals surface area (Å²) in [7, 11) is 0. The lowest BCUT2D eigenvalue weighted by molar-refractivity contribution is -0.140. The molecule has 0 saturated heterocycles. The van der Waals surface area contributed by atoms with Gasteiger partial charge < -0.3 is 9.47 Å². The minimum absolute atomic E-state index is 0.0148. The second-order valence-electron chi connectivity index (χ2n) is 3.12. The Morgan fingerprint density at radius 1 is 1.25 bits per heavy atom. The molecule has 5 heteroatoms. The molecule has 0 unspecified atom stereocenters. The Morgan fingerprint density at radius 3 is 2.38 bits per heavy atom. The van der Waals surface area contributed by atoms with Crippen LogP contribution in [-0.4, -0.2) is 24.3 Å². The van der Waals surface area contributed by atoms with E-state index in [4.69, 9.17) is 0 Å². The van der Waals surface area contributed by atoms with E-state index >= 15 is 0 Å². The first-order chi connectivity index (χ1) is 7.43. The second-order valence-corrected chi connectivity index (χ2v) is 3.12. The molecular formula is C11H14O5. The third-order valence-corrected chi connectivity index (χ3v) is 1.35. The smallest absolute Gasteiger partial charge is 0.333 e. The Hall–Kier alpha value is -1.91. The van der Waals surface area contributed by atoms with E-state index in [0.29, 0.717) is 5.57 Å². The Bertz CT molecular complexity index is 327. The summed E-state index contributed by atoms with van der Waals surface area (Å²) >= 11 is 0. The lowest BCUT2D eigenvalue weighted by Gasteiger charge is -1.99. The van der Waals surface area contributed by atoms with E-state index in [2.05, 4.69) is 16.1 Å². The van der Waals surface area contributed by atoms with Crippen molar-refractivity contribution in [1.29, 1.82) is 0 Å². The van der Waals surface area contributed by atoms with Crippen LogP contribution in [0.2, 0.25) is 0 Å². The highest BCUT2D eigenvalue weighted by molar-refractivity contribution is 5.94. The molecule has 0 heterocycles. The van der Waals surface area contributed by atoms with Crippen molar-refractivity contribution in [2.75, 3.05) is 6.61 Å². The van der Waals surface area contributed by atoms with Crippen molar-refractivity contribution in [2.45, 2.75) is 20.3 Å². The van der Waals surface area contributed by atoms with Crippen LogP contribution < -0.4 is 0 Å². The fourth-order valence-corrected chi connectivity index (χ4v) is 0.655. The molecule has 16 heavy (non-hydrogen) atoms. The number of ketones is 1. The highest BCUT2D eigenvalue weighted by Gasteiger charge is 2.04. The van der Waals surface area contributed by atoms with Gasteiger partial charge in [0.15, 0.2) is 0 Å². The lowest BCUT2D eigenvalue weighted by Crippen LogP contribution is -2.06. The standard InChI is InChI=1S/C11H14O5/c1-8(2)11(14)16-6-4-5-15-10(13)7-9(3)12/h4-5H,1,6-7H2,2-3H3. The van der Waals surface area contributed by atoms with E-state index in [9.17, 15) is 14.4 Å². The van der Waals surface area contributed by atoms with Crippen molar-refractivity contribution < 1.29 is 23.9 Å². The molecule has 0 radical (unpaired) electrons. The number of ether oxygens (including phenoxy) is 2. The van der Waals surface area contributed by atoms with Gasteiger partial charge in [0.05, 0.1) is 6.26 Å². The van der Waals surface area contributed by atoms with Gasteiger partial charge in [-0.15, -0.1) is 0 Å². The van der Waals surface area contributed by atoms with Crippen molar-refractivity contribution >= 4 is 17.7 Å². The van der Waals surface area contributed by atoms with Crippen molar-refractivity contribution in [2.24, 2.45) is 0 Å². The molecular weight excluding hydrogens is 212 g/mol. The number of rotatable bonds is 6. The third-order valence-electron chi connectivity index (χ3n) is 1.35. The van der Waals surface area contributed by atoms with Crippen molar-refractivity contribution in [1.82, 2.24) is 0 Å². The Kier molecular flexibility index (Phi) is 6.51. The zero-order valence-corrected chi connectivity index (χ0v) is 9.32. The number of hydrogen-bond donors (Lipinski definition) is 0. The van der Waals surface area contributed by atoms with Gasteiger partial charge in [-0.3, -0.25) is 9.59 Å². The van der Waals surface area contributed by atoms with Crippen LogP contribution in [-0.2, 0) is 23.9 Å². The van der Waals surface area contributed by atoms with Gasteiger partial charge in [-0.25, -0.2) is 4.79 Å². The summed E-state index contributed by atoms with van der Waals surface area (Å²) in [6.07, 6.45) is 2.16. The number of carbonyl (C=O) groups is 3. The summed E-state index contributed by atoms with van der Waals surface area (Å²) in [6, 6.07) is 0. The van der Waals surface area contributed by atoms with E-state index in [1.165, 1.54) is 19.9 Å². The minimum atomic E-state index is -0.644. The van der Waals surface area contributed by atoms with Crippen LogP contribution in [0.4, 0.5) is 0 Å². The van der Waals surface area contributed by atoms with Gasteiger partial charge in [-0.2, -0.15) is 0 Å². The van der Waals surface area contributed by atoms with Gasteiger partial charge in [-0.05, 0) is 19.9 Å². The van der Waals surface area contributed by atoms with Crippen LogP contribution in [0.5, 0.6) is 0 Å². The van der Waals surface area contributed by atoms with Crippen molar-refractivity contribution in [3.05, 3.63) is 24.5 Å². The maximum Gasteiger partial charge on any atom is 0.333 e. The molecule has 0 aromatic heterocycles. The maximum absolute atomic E-state index is 10.9. The van der Waals surface area contributed by atoms with Crippen LogP contribution in [0.1, 0.15) is 20.3 Å². The fourth-order valence-electron chi connectivity index (χ4n) is 0.655. The van der Waals surface area contributed by atoms with E-state index in [-0.39, 0.29) is 18.8 Å². The monoisotopic (exact) mass is 226 g/mol. The zero-order valence-electron chi connectivity index (χ0n) is 9.32. The predicted octanol–water partition coefficient (Wildman–Crippen LogP) is 1.14. The Morgan fingerprint density at radius 2 is 1.88 bits per heavy atom. The normalized spacial score (nSPS) is 9.88. The van der Waals surface area contributed by atoms with Crippen molar-refractivity contribution in [3.63, 3.8) is 0 Å². The molecule has 0 N–H and O–H groups in total. The topological polar surface area (TPSA) is 69.7 Å². The molecule has 0 aliphatic rings. The van der Waals surface area contributed by atoms with Gasteiger partial charge in [0.1, 0.15) is 18.8 Å². The first kappa shape index (κ1) is 14.1. The largest absolute Gasteiger partial charge is 0.458 e. The average Bonchev–Trinajstić information content (AvgIpc) is 2.15. The molecule has 0 spiro atoms. The van der Waals surface area contributed by atoms with Gasteiger partial charge >= 0.3 is 11.9 Å². The predicted molar refractivity (Wildman–Crippen MR) is 56.3 cm³/mol. The number of carbonyl (C=O) groups excluding carboxylic acids is 3. The summed E-state index contributed by atoms with van der Waals surface area (Å²) in [6.45, 7) is 6.20. The Balaban J connectivity index is 3.70. The summed E-state index contributed by atoms with van der Waals surface area (Å²) in [5.74, 6) is -1.43. The molecule has 0 bridgehead atoms. The highest BCUT2D eigenvalue weighted by atomic mass is 16.5. The molecule has 0 saturated carbocycles. The second kappa shape index (κ2) is 7.39. The Labute approximate surface area is 93.7 Å². The minimum Gasteiger partial charge on any atom is -0.458 e. The van der Waals surface area contributed by atoms with E-state index < -0.39 is 11.9 Å². The maximum atomic E-state index is 10.9. The molecule has 0 aromatic carbocycles. The number of esters is 2. The first-order valence-corrected chi connectivity index (χ1v) is 4.60. The molecule has 0 rings (SSSR count). The summed E-state index contributed by atoms with van der Waals surface area (Å²) in [5.41, 5.74) is 0.293. The van der Waals surface area contributed by atoms with Crippen LogP contribution in [0.25, 0.3) is 0 Å². The molecule has 0 amide bonds. The number of hydrogen-bond acceptors (Lipinski definition) is 5. The highest BCUT2D eigenvalue weighted by Crippen LogP contribution is 1.93. The molecule has 88 valence electrons. The average molecular weight is 226 g/mol. The van der Waals surface area contributed by atoms with Crippen LogP contribution in [0.15, 0.2) is 24.5 Å².